The van der Waals surface area contributed by atoms with Gasteiger partial charge in [0.1, 0.15) is 6.04 Å². The molecule has 0 saturated heterocycles. The smallest absolute Gasteiger partial charge is 0.287 e. The van der Waals surface area contributed by atoms with Crippen LogP contribution in [-0.4, -0.2) is 49.9 Å². The third kappa shape index (κ3) is 3.89. The van der Waals surface area contributed by atoms with Gasteiger partial charge in [-0.05, 0) is 26.1 Å². The van der Waals surface area contributed by atoms with Crippen molar-refractivity contribution in [3.8, 4) is 0 Å². The van der Waals surface area contributed by atoms with Crippen LogP contribution in [0.1, 0.15) is 17.5 Å². The zero-order chi connectivity index (χ0) is 13.5. The van der Waals surface area contributed by atoms with Gasteiger partial charge in [0.05, 0.1) is 6.26 Å². The number of carbonyl (C=O) groups excluding carboxylic acids is 2. The lowest BCUT2D eigenvalue weighted by molar-refractivity contribution is -0.131. The Balaban J connectivity index is 2.47. The molecule has 100 valence electrons. The highest BCUT2D eigenvalue weighted by molar-refractivity contribution is 5.95. The van der Waals surface area contributed by atoms with Gasteiger partial charge >= 0.3 is 0 Å². The Bertz CT molecular complexity index is 389. The Morgan fingerprint density at radius 1 is 1.50 bits per heavy atom. The van der Waals surface area contributed by atoms with Crippen LogP contribution in [0.15, 0.2) is 22.8 Å². The van der Waals surface area contributed by atoms with E-state index in [1.54, 1.807) is 31.0 Å². The summed E-state index contributed by atoms with van der Waals surface area (Å²) < 4.78 is 4.95. The topological polar surface area (TPSA) is 74.6 Å². The monoisotopic (exact) mass is 253 g/mol. The summed E-state index contributed by atoms with van der Waals surface area (Å²) in [6.45, 7) is 2.95. The maximum atomic E-state index is 11.9. The largest absolute Gasteiger partial charge is 0.459 e. The van der Waals surface area contributed by atoms with Crippen molar-refractivity contribution in [3.63, 3.8) is 0 Å². The molecule has 0 aliphatic heterocycles. The van der Waals surface area contributed by atoms with Gasteiger partial charge in [0.25, 0.3) is 5.91 Å². The summed E-state index contributed by atoms with van der Waals surface area (Å²) >= 11 is 0. The second kappa shape index (κ2) is 6.80. The maximum Gasteiger partial charge on any atom is 0.287 e. The van der Waals surface area contributed by atoms with E-state index in [2.05, 4.69) is 10.6 Å². The fourth-order valence-corrected chi connectivity index (χ4v) is 1.46. The van der Waals surface area contributed by atoms with Crippen molar-refractivity contribution in [3.05, 3.63) is 24.2 Å². The summed E-state index contributed by atoms with van der Waals surface area (Å²) in [5.74, 6) is -0.319. The molecular formula is C12H19N3O3. The first-order valence-electron chi connectivity index (χ1n) is 5.80. The Hall–Kier alpha value is -1.82. The minimum Gasteiger partial charge on any atom is -0.459 e. The second-order valence-corrected chi connectivity index (χ2v) is 4.04. The highest BCUT2D eigenvalue weighted by Crippen LogP contribution is 2.01. The summed E-state index contributed by atoms with van der Waals surface area (Å²) in [7, 11) is 3.52. The summed E-state index contributed by atoms with van der Waals surface area (Å²) in [4.78, 5) is 25.1. The van der Waals surface area contributed by atoms with Gasteiger partial charge in [-0.15, -0.1) is 0 Å². The van der Waals surface area contributed by atoms with Gasteiger partial charge in [0, 0.05) is 20.1 Å². The van der Waals surface area contributed by atoms with Crippen molar-refractivity contribution in [2.24, 2.45) is 0 Å². The van der Waals surface area contributed by atoms with Crippen LogP contribution < -0.4 is 10.6 Å². The van der Waals surface area contributed by atoms with Gasteiger partial charge in [-0.1, -0.05) is 0 Å². The molecule has 1 unspecified atom stereocenters. The first-order chi connectivity index (χ1) is 8.56. The van der Waals surface area contributed by atoms with Gasteiger partial charge in [0.2, 0.25) is 5.91 Å². The van der Waals surface area contributed by atoms with Crippen molar-refractivity contribution in [1.29, 1.82) is 0 Å². The van der Waals surface area contributed by atoms with Crippen LogP contribution in [0.25, 0.3) is 0 Å². The quantitative estimate of drug-likeness (QED) is 0.752. The standard InChI is InChI=1S/C12H19N3O3/c1-9(12(17)15(3)7-6-13-2)14-11(16)10-5-4-8-18-10/h4-5,8-9,13H,6-7H2,1-3H3,(H,14,16). The summed E-state index contributed by atoms with van der Waals surface area (Å²) in [5.41, 5.74) is 0. The molecule has 0 bridgehead atoms. The number of nitrogens with zero attached hydrogens (tertiary/aromatic N) is 1. The van der Waals surface area contributed by atoms with Crippen molar-refractivity contribution in [2.75, 3.05) is 27.2 Å². The number of carbonyl (C=O) groups is 2. The third-order valence-electron chi connectivity index (χ3n) is 2.54. The Morgan fingerprint density at radius 3 is 2.78 bits per heavy atom. The lowest BCUT2D eigenvalue weighted by atomic mass is 10.2. The zero-order valence-electron chi connectivity index (χ0n) is 10.9. The molecule has 18 heavy (non-hydrogen) atoms. The minimum absolute atomic E-state index is 0.134. The molecule has 0 aromatic carbocycles. The molecule has 0 radical (unpaired) electrons. The first kappa shape index (κ1) is 14.2. The number of likely N-dealkylation sites (N-methyl/N-ethyl adjacent to an activating group) is 2. The fourth-order valence-electron chi connectivity index (χ4n) is 1.46. The van der Waals surface area contributed by atoms with Crippen LogP contribution in [0.3, 0.4) is 0 Å². The molecule has 1 aromatic heterocycles. The van der Waals surface area contributed by atoms with Crippen molar-refractivity contribution in [2.45, 2.75) is 13.0 Å². The Labute approximate surface area is 106 Å². The molecule has 6 heteroatoms. The fraction of sp³-hybridized carbons (Fsp3) is 0.500. The zero-order valence-corrected chi connectivity index (χ0v) is 10.9. The number of furan rings is 1. The van der Waals surface area contributed by atoms with Crippen LogP contribution in [-0.2, 0) is 4.79 Å². The van der Waals surface area contributed by atoms with Crippen LogP contribution in [0, 0.1) is 0 Å². The molecule has 1 rings (SSSR count). The summed E-state index contributed by atoms with van der Waals surface area (Å²) in [6, 6.07) is 2.60. The predicted molar refractivity (Wildman–Crippen MR) is 67.2 cm³/mol. The summed E-state index contributed by atoms with van der Waals surface area (Å²) in [5, 5.41) is 5.55. The second-order valence-electron chi connectivity index (χ2n) is 4.04. The van der Waals surface area contributed by atoms with E-state index in [9.17, 15) is 9.59 Å². The molecule has 6 nitrogen and oxygen atoms in total. The third-order valence-corrected chi connectivity index (χ3v) is 2.54. The highest BCUT2D eigenvalue weighted by Gasteiger charge is 2.20. The number of nitrogens with one attached hydrogen (secondary N) is 2. The average Bonchev–Trinajstić information content (AvgIpc) is 2.88. The summed E-state index contributed by atoms with van der Waals surface area (Å²) in [6.07, 6.45) is 1.42. The predicted octanol–water partition coefficient (Wildman–Crippen LogP) is 0.0757. The van der Waals surface area contributed by atoms with Gasteiger partial charge in [-0.2, -0.15) is 0 Å². The minimum atomic E-state index is -0.579. The van der Waals surface area contributed by atoms with E-state index in [-0.39, 0.29) is 17.6 Å². The highest BCUT2D eigenvalue weighted by atomic mass is 16.3. The van der Waals surface area contributed by atoms with E-state index in [4.69, 9.17) is 4.42 Å². The SMILES string of the molecule is CNCCN(C)C(=O)C(C)NC(=O)c1ccco1. The van der Waals surface area contributed by atoms with Crippen LogP contribution in [0.2, 0.25) is 0 Å². The molecule has 0 spiro atoms. The molecule has 2 N–H and O–H groups in total. The van der Waals surface area contributed by atoms with Gasteiger partial charge in [0.15, 0.2) is 5.76 Å². The molecule has 2 amide bonds. The lowest BCUT2D eigenvalue weighted by Gasteiger charge is -2.21. The van der Waals surface area contributed by atoms with Crippen molar-refractivity contribution < 1.29 is 14.0 Å². The Morgan fingerprint density at radius 2 is 2.22 bits per heavy atom. The lowest BCUT2D eigenvalue weighted by Crippen LogP contribution is -2.46. The molecule has 0 aliphatic rings. The van der Waals surface area contributed by atoms with Crippen LogP contribution >= 0.6 is 0 Å². The van der Waals surface area contributed by atoms with Gasteiger partial charge in [-0.25, -0.2) is 0 Å². The van der Waals surface area contributed by atoms with E-state index in [0.29, 0.717) is 13.1 Å². The molecular weight excluding hydrogens is 234 g/mol. The average molecular weight is 253 g/mol. The van der Waals surface area contributed by atoms with E-state index in [0.717, 1.165) is 0 Å². The molecule has 1 heterocycles. The number of hydrogen-bond acceptors (Lipinski definition) is 4. The van der Waals surface area contributed by atoms with Gasteiger partial charge in [-0.3, -0.25) is 9.59 Å². The van der Waals surface area contributed by atoms with E-state index in [1.165, 1.54) is 6.26 Å². The number of hydrogen-bond donors (Lipinski definition) is 2. The number of rotatable bonds is 6. The molecule has 0 aliphatic carbocycles. The Kier molecular flexibility index (Phi) is 5.38. The van der Waals surface area contributed by atoms with E-state index >= 15 is 0 Å². The van der Waals surface area contributed by atoms with Crippen LogP contribution in [0.4, 0.5) is 0 Å². The van der Waals surface area contributed by atoms with E-state index < -0.39 is 6.04 Å². The molecule has 0 fully saturated rings. The normalized spacial score (nSPS) is 11.9. The maximum absolute atomic E-state index is 11.9. The number of amides is 2. The van der Waals surface area contributed by atoms with Crippen molar-refractivity contribution >= 4 is 11.8 Å². The van der Waals surface area contributed by atoms with Crippen LogP contribution in [0.5, 0.6) is 0 Å². The van der Waals surface area contributed by atoms with E-state index in [1.807, 2.05) is 7.05 Å². The van der Waals surface area contributed by atoms with Gasteiger partial charge < -0.3 is 20.0 Å². The molecule has 1 atom stereocenters. The first-order valence-corrected chi connectivity index (χ1v) is 5.80. The molecule has 0 saturated carbocycles. The molecule has 1 aromatic rings. The van der Waals surface area contributed by atoms with Crippen molar-refractivity contribution in [1.82, 2.24) is 15.5 Å².